The Morgan fingerprint density at radius 3 is 2.71 bits per heavy atom. The van der Waals surface area contributed by atoms with E-state index in [1.807, 2.05) is 0 Å². The second kappa shape index (κ2) is 6.32. The molecule has 0 N–H and O–H groups in total. The summed E-state index contributed by atoms with van der Waals surface area (Å²) in [5, 5.41) is 5.77. The Bertz CT molecular complexity index is 513. The Hall–Kier alpha value is 0.130. The van der Waals surface area contributed by atoms with Crippen LogP contribution in [0.2, 0.25) is 0 Å². The Labute approximate surface area is 144 Å². The summed E-state index contributed by atoms with van der Waals surface area (Å²) in [6.07, 6.45) is 6.30. The van der Waals surface area contributed by atoms with Gasteiger partial charge >= 0.3 is 0 Å². The maximum atomic E-state index is 6.13. The van der Waals surface area contributed by atoms with Gasteiger partial charge in [0.05, 0.1) is 22.0 Å². The summed E-state index contributed by atoms with van der Waals surface area (Å²) < 4.78 is 9.52. The molecule has 2 unspecified atom stereocenters. The lowest BCUT2D eigenvalue weighted by atomic mass is 9.77. The zero-order valence-corrected chi connectivity index (χ0v) is 16.0. The third-order valence-electron chi connectivity index (χ3n) is 5.03. The van der Waals surface area contributed by atoms with Gasteiger partial charge in [-0.05, 0) is 60.9 Å². The molecule has 5 heteroatoms. The van der Waals surface area contributed by atoms with Gasteiger partial charge in [0.15, 0.2) is 0 Å². The van der Waals surface area contributed by atoms with Crippen molar-refractivity contribution in [2.24, 2.45) is 11.3 Å². The average molecular weight is 420 g/mol. The van der Waals surface area contributed by atoms with Crippen molar-refractivity contribution in [1.29, 1.82) is 0 Å². The molecule has 118 valence electrons. The molecule has 1 aliphatic carbocycles. The van der Waals surface area contributed by atoms with Crippen LogP contribution in [0, 0.1) is 11.3 Å². The smallest absolute Gasteiger partial charge is 0.0766 e. The first kappa shape index (κ1) is 16.0. The van der Waals surface area contributed by atoms with Gasteiger partial charge in [-0.15, -0.1) is 0 Å². The van der Waals surface area contributed by atoms with Gasteiger partial charge in [-0.1, -0.05) is 22.9 Å². The van der Waals surface area contributed by atoms with Gasteiger partial charge in [-0.2, -0.15) is 5.10 Å². The zero-order valence-electron chi connectivity index (χ0n) is 12.9. The summed E-state index contributed by atoms with van der Waals surface area (Å²) in [5.41, 5.74) is 2.77. The first-order chi connectivity index (χ1) is 10.1. The van der Waals surface area contributed by atoms with Crippen LogP contribution in [-0.2, 0) is 24.1 Å². The summed E-state index contributed by atoms with van der Waals surface area (Å²) in [7, 11) is 0. The molecule has 1 aliphatic heterocycles. The minimum atomic E-state index is 0.238. The van der Waals surface area contributed by atoms with Gasteiger partial charge in [0.2, 0.25) is 0 Å². The van der Waals surface area contributed by atoms with E-state index in [1.54, 1.807) is 0 Å². The van der Waals surface area contributed by atoms with Crippen LogP contribution < -0.4 is 0 Å². The van der Waals surface area contributed by atoms with Crippen LogP contribution in [0.3, 0.4) is 0 Å². The van der Waals surface area contributed by atoms with Gasteiger partial charge in [0.25, 0.3) is 0 Å². The molecule has 2 atom stereocenters. The number of hydrogen-bond donors (Lipinski definition) is 0. The Kier molecular flexibility index (Phi) is 4.82. The fraction of sp³-hybridized carbons (Fsp3) is 0.812. The van der Waals surface area contributed by atoms with E-state index in [9.17, 15) is 0 Å². The van der Waals surface area contributed by atoms with E-state index < -0.39 is 0 Å². The molecule has 1 aromatic rings. The molecule has 2 aliphatic rings. The molecule has 2 fully saturated rings. The number of ether oxygens (including phenoxy) is 1. The molecule has 21 heavy (non-hydrogen) atoms. The molecule has 0 amide bonds. The van der Waals surface area contributed by atoms with E-state index in [2.05, 4.69) is 50.4 Å². The molecule has 1 aromatic heterocycles. The monoisotopic (exact) mass is 418 g/mol. The second-order valence-electron chi connectivity index (χ2n) is 6.43. The van der Waals surface area contributed by atoms with Crippen molar-refractivity contribution < 1.29 is 4.74 Å². The summed E-state index contributed by atoms with van der Waals surface area (Å²) in [6, 6.07) is 0. The molecular weight excluding hydrogens is 396 g/mol. The quantitative estimate of drug-likeness (QED) is 0.640. The third-order valence-corrected chi connectivity index (χ3v) is 7.06. The highest BCUT2D eigenvalue weighted by Crippen LogP contribution is 2.50. The zero-order chi connectivity index (χ0) is 15.0. The van der Waals surface area contributed by atoms with Crippen LogP contribution in [0.25, 0.3) is 0 Å². The number of halogens is 2. The van der Waals surface area contributed by atoms with E-state index >= 15 is 0 Å². The maximum absolute atomic E-state index is 6.13. The fourth-order valence-electron chi connectivity index (χ4n) is 3.64. The lowest BCUT2D eigenvalue weighted by Crippen LogP contribution is -2.37. The molecule has 0 radical (unpaired) electrons. The number of rotatable bonds is 6. The van der Waals surface area contributed by atoms with Crippen molar-refractivity contribution in [1.82, 2.24) is 9.78 Å². The number of nitrogens with zero attached hydrogens (tertiary/aromatic N) is 2. The number of aryl methyl sites for hydroxylation is 2. The van der Waals surface area contributed by atoms with Gasteiger partial charge in [-0.25, -0.2) is 0 Å². The first-order valence-corrected chi connectivity index (χ1v) is 9.98. The lowest BCUT2D eigenvalue weighted by Gasteiger charge is -2.33. The molecule has 3 rings (SSSR count). The summed E-state index contributed by atoms with van der Waals surface area (Å²) in [4.78, 5) is 0. The van der Waals surface area contributed by atoms with E-state index in [1.165, 1.54) is 28.7 Å². The molecule has 1 saturated heterocycles. The number of aromatic nitrogens is 2. The van der Waals surface area contributed by atoms with Gasteiger partial charge in [0, 0.05) is 23.9 Å². The maximum Gasteiger partial charge on any atom is 0.0766 e. The average Bonchev–Trinajstić information content (AvgIpc) is 3.19. The van der Waals surface area contributed by atoms with E-state index in [-0.39, 0.29) is 5.41 Å². The molecular formula is C16H24Br2N2O. The van der Waals surface area contributed by atoms with Gasteiger partial charge in [-0.3, -0.25) is 4.68 Å². The van der Waals surface area contributed by atoms with Crippen LogP contribution in [0.5, 0.6) is 0 Å². The van der Waals surface area contributed by atoms with Gasteiger partial charge < -0.3 is 4.74 Å². The predicted molar refractivity (Wildman–Crippen MR) is 92.0 cm³/mol. The van der Waals surface area contributed by atoms with Crippen LogP contribution in [0.15, 0.2) is 4.47 Å². The van der Waals surface area contributed by atoms with Crippen LogP contribution in [-0.4, -0.2) is 27.8 Å². The van der Waals surface area contributed by atoms with Crippen molar-refractivity contribution in [2.75, 3.05) is 11.9 Å². The fourth-order valence-corrected chi connectivity index (χ4v) is 5.14. The van der Waals surface area contributed by atoms with Crippen molar-refractivity contribution in [3.63, 3.8) is 0 Å². The van der Waals surface area contributed by atoms with Crippen molar-refractivity contribution in [2.45, 2.75) is 58.6 Å². The molecule has 3 nitrogen and oxygen atoms in total. The number of alkyl halides is 1. The third kappa shape index (κ3) is 2.86. The highest BCUT2D eigenvalue weighted by molar-refractivity contribution is 9.10. The minimum absolute atomic E-state index is 0.238. The SMILES string of the molecule is CCc1nn(CC)c(CC2(CBr)CCOC2C2CC2)c1Br. The lowest BCUT2D eigenvalue weighted by molar-refractivity contribution is 0.0405. The molecule has 0 aromatic carbocycles. The van der Waals surface area contributed by atoms with E-state index in [4.69, 9.17) is 9.84 Å². The summed E-state index contributed by atoms with van der Waals surface area (Å²) in [6.45, 7) is 6.18. The van der Waals surface area contributed by atoms with E-state index in [0.717, 1.165) is 43.7 Å². The van der Waals surface area contributed by atoms with Crippen molar-refractivity contribution >= 4 is 31.9 Å². The molecule has 0 bridgehead atoms. The Morgan fingerprint density at radius 2 is 2.14 bits per heavy atom. The molecule has 1 saturated carbocycles. The van der Waals surface area contributed by atoms with E-state index in [0.29, 0.717) is 6.10 Å². The van der Waals surface area contributed by atoms with Crippen LogP contribution in [0.1, 0.15) is 44.5 Å². The van der Waals surface area contributed by atoms with Crippen LogP contribution >= 0.6 is 31.9 Å². The summed E-state index contributed by atoms with van der Waals surface area (Å²) >= 11 is 7.59. The minimum Gasteiger partial charge on any atom is -0.377 e. The second-order valence-corrected chi connectivity index (χ2v) is 7.78. The predicted octanol–water partition coefficient (Wildman–Crippen LogP) is 4.35. The topological polar surface area (TPSA) is 27.1 Å². The normalized spacial score (nSPS) is 29.2. The molecule has 2 heterocycles. The van der Waals surface area contributed by atoms with Crippen LogP contribution in [0.4, 0.5) is 0 Å². The summed E-state index contributed by atoms with van der Waals surface area (Å²) in [5.74, 6) is 0.785. The Morgan fingerprint density at radius 1 is 1.38 bits per heavy atom. The van der Waals surface area contributed by atoms with Crippen molar-refractivity contribution in [3.8, 4) is 0 Å². The highest BCUT2D eigenvalue weighted by atomic mass is 79.9. The first-order valence-electron chi connectivity index (χ1n) is 8.06. The standard InChI is InChI=1S/C16H24Br2N2O/c1-3-12-14(18)13(20(4-2)19-12)9-16(10-17)7-8-21-15(16)11-5-6-11/h11,15H,3-10H2,1-2H3. The van der Waals surface area contributed by atoms with Gasteiger partial charge in [0.1, 0.15) is 0 Å². The highest BCUT2D eigenvalue weighted by Gasteiger charge is 2.50. The van der Waals surface area contributed by atoms with Crippen molar-refractivity contribution in [3.05, 3.63) is 15.9 Å². The molecule has 0 spiro atoms. The largest absolute Gasteiger partial charge is 0.377 e. The number of hydrogen-bond acceptors (Lipinski definition) is 2. The Balaban J connectivity index is 1.91.